The van der Waals surface area contributed by atoms with E-state index in [0.717, 1.165) is 29.9 Å². The van der Waals surface area contributed by atoms with Crippen LogP contribution in [-0.2, 0) is 6.54 Å². The SMILES string of the molecule is CCN(CCO)C(C)c1nc2cc(C)ccc2n1CCN. The van der Waals surface area contributed by atoms with Gasteiger partial charge in [-0.3, -0.25) is 4.90 Å². The minimum atomic E-state index is 0.154. The van der Waals surface area contributed by atoms with Crippen LogP contribution in [0.1, 0.15) is 31.3 Å². The number of rotatable bonds is 7. The molecule has 0 bridgehead atoms. The van der Waals surface area contributed by atoms with E-state index in [0.29, 0.717) is 13.1 Å². The van der Waals surface area contributed by atoms with Gasteiger partial charge in [0.1, 0.15) is 5.82 Å². The van der Waals surface area contributed by atoms with Gasteiger partial charge in [0, 0.05) is 19.6 Å². The van der Waals surface area contributed by atoms with Gasteiger partial charge in [-0.25, -0.2) is 4.98 Å². The fraction of sp³-hybridized carbons (Fsp3) is 0.562. The summed E-state index contributed by atoms with van der Waals surface area (Å²) in [7, 11) is 0. The number of benzene rings is 1. The van der Waals surface area contributed by atoms with Crippen molar-refractivity contribution in [1.82, 2.24) is 14.5 Å². The molecule has 0 aliphatic rings. The standard InChI is InChI=1S/C16H26N4O/c1-4-19(9-10-21)13(3)16-18-14-11-12(2)5-6-15(14)20(16)8-7-17/h5-6,11,13,21H,4,7-10,17H2,1-3H3. The van der Waals surface area contributed by atoms with Crippen LogP contribution >= 0.6 is 0 Å². The van der Waals surface area contributed by atoms with Crippen molar-refractivity contribution in [3.8, 4) is 0 Å². The number of fused-ring (bicyclic) bond motifs is 1. The molecule has 0 fully saturated rings. The maximum atomic E-state index is 9.22. The Morgan fingerprint density at radius 2 is 2.19 bits per heavy atom. The molecule has 1 heterocycles. The van der Waals surface area contributed by atoms with Crippen LogP contribution in [0.3, 0.4) is 0 Å². The Morgan fingerprint density at radius 3 is 2.81 bits per heavy atom. The van der Waals surface area contributed by atoms with Crippen LogP contribution in [0, 0.1) is 6.92 Å². The number of likely N-dealkylation sites (N-methyl/N-ethyl adjacent to an activating group) is 1. The zero-order chi connectivity index (χ0) is 15.4. The number of hydrogen-bond donors (Lipinski definition) is 2. The Labute approximate surface area is 126 Å². The second-order valence-corrected chi connectivity index (χ2v) is 5.43. The molecule has 1 atom stereocenters. The second kappa shape index (κ2) is 7.02. The molecule has 0 spiro atoms. The number of nitrogens with two attached hydrogens (primary N) is 1. The number of aryl methyl sites for hydroxylation is 1. The molecule has 5 nitrogen and oxygen atoms in total. The number of aliphatic hydroxyl groups is 1. The minimum absolute atomic E-state index is 0.154. The maximum Gasteiger partial charge on any atom is 0.127 e. The monoisotopic (exact) mass is 290 g/mol. The maximum absolute atomic E-state index is 9.22. The summed E-state index contributed by atoms with van der Waals surface area (Å²) in [6.07, 6.45) is 0. The molecule has 0 saturated heterocycles. The second-order valence-electron chi connectivity index (χ2n) is 5.43. The van der Waals surface area contributed by atoms with Crippen LogP contribution in [0.4, 0.5) is 0 Å². The molecule has 0 radical (unpaired) electrons. The highest BCUT2D eigenvalue weighted by atomic mass is 16.3. The lowest BCUT2D eigenvalue weighted by Crippen LogP contribution is -2.31. The van der Waals surface area contributed by atoms with Crippen molar-refractivity contribution in [3.05, 3.63) is 29.6 Å². The zero-order valence-corrected chi connectivity index (χ0v) is 13.2. The molecule has 0 aliphatic heterocycles. The molecule has 0 aliphatic carbocycles. The first-order chi connectivity index (χ1) is 10.1. The summed E-state index contributed by atoms with van der Waals surface area (Å²) in [6, 6.07) is 6.49. The predicted octanol–water partition coefficient (Wildman–Crippen LogP) is 1.68. The Morgan fingerprint density at radius 1 is 1.43 bits per heavy atom. The minimum Gasteiger partial charge on any atom is -0.395 e. The van der Waals surface area contributed by atoms with Crippen molar-refractivity contribution in [2.45, 2.75) is 33.4 Å². The van der Waals surface area contributed by atoms with E-state index >= 15 is 0 Å². The van der Waals surface area contributed by atoms with Gasteiger partial charge >= 0.3 is 0 Å². The molecule has 2 aromatic rings. The van der Waals surface area contributed by atoms with Crippen molar-refractivity contribution >= 4 is 11.0 Å². The number of imidazole rings is 1. The van der Waals surface area contributed by atoms with Gasteiger partial charge in [0.25, 0.3) is 0 Å². The van der Waals surface area contributed by atoms with Crippen LogP contribution in [0.25, 0.3) is 11.0 Å². The first kappa shape index (κ1) is 15.9. The number of aromatic nitrogens is 2. The average Bonchev–Trinajstić information content (AvgIpc) is 2.82. The van der Waals surface area contributed by atoms with Gasteiger partial charge in [-0.2, -0.15) is 0 Å². The van der Waals surface area contributed by atoms with E-state index in [-0.39, 0.29) is 12.6 Å². The lowest BCUT2D eigenvalue weighted by Gasteiger charge is -2.27. The molecular weight excluding hydrogens is 264 g/mol. The number of nitrogens with zero attached hydrogens (tertiary/aromatic N) is 3. The van der Waals surface area contributed by atoms with Gasteiger partial charge in [-0.05, 0) is 38.1 Å². The lowest BCUT2D eigenvalue weighted by atomic mass is 10.2. The van der Waals surface area contributed by atoms with Crippen molar-refractivity contribution in [2.75, 3.05) is 26.2 Å². The van der Waals surface area contributed by atoms with Crippen LogP contribution in [0.5, 0.6) is 0 Å². The van der Waals surface area contributed by atoms with Gasteiger partial charge in [0.15, 0.2) is 0 Å². The average molecular weight is 290 g/mol. The normalized spacial score (nSPS) is 13.2. The van der Waals surface area contributed by atoms with Crippen LogP contribution in [-0.4, -0.2) is 45.8 Å². The van der Waals surface area contributed by atoms with Crippen molar-refractivity contribution in [3.63, 3.8) is 0 Å². The predicted molar refractivity (Wildman–Crippen MR) is 86.3 cm³/mol. The van der Waals surface area contributed by atoms with Crippen molar-refractivity contribution < 1.29 is 5.11 Å². The summed E-state index contributed by atoms with van der Waals surface area (Å²) in [6.45, 7) is 9.37. The van der Waals surface area contributed by atoms with E-state index < -0.39 is 0 Å². The van der Waals surface area contributed by atoms with Gasteiger partial charge in [0.2, 0.25) is 0 Å². The van der Waals surface area contributed by atoms with E-state index in [4.69, 9.17) is 10.7 Å². The van der Waals surface area contributed by atoms with Crippen LogP contribution in [0.15, 0.2) is 18.2 Å². The molecule has 116 valence electrons. The van der Waals surface area contributed by atoms with Gasteiger partial charge < -0.3 is 15.4 Å². The van der Waals surface area contributed by atoms with E-state index in [1.807, 2.05) is 0 Å². The van der Waals surface area contributed by atoms with Crippen LogP contribution in [0.2, 0.25) is 0 Å². The molecule has 1 aromatic carbocycles. The summed E-state index contributed by atoms with van der Waals surface area (Å²) in [4.78, 5) is 7.05. The summed E-state index contributed by atoms with van der Waals surface area (Å²) >= 11 is 0. The fourth-order valence-corrected chi connectivity index (χ4v) is 2.86. The topological polar surface area (TPSA) is 67.3 Å². The Kier molecular flexibility index (Phi) is 5.33. The van der Waals surface area contributed by atoms with Crippen LogP contribution < -0.4 is 5.73 Å². The molecule has 21 heavy (non-hydrogen) atoms. The quantitative estimate of drug-likeness (QED) is 0.814. The zero-order valence-electron chi connectivity index (χ0n) is 13.2. The largest absolute Gasteiger partial charge is 0.395 e. The smallest absolute Gasteiger partial charge is 0.127 e. The Hall–Kier alpha value is -1.43. The van der Waals surface area contributed by atoms with Crippen molar-refractivity contribution in [1.29, 1.82) is 0 Å². The number of hydrogen-bond acceptors (Lipinski definition) is 4. The molecule has 5 heteroatoms. The first-order valence-electron chi connectivity index (χ1n) is 7.64. The molecule has 3 N–H and O–H groups in total. The third kappa shape index (κ3) is 3.26. The molecule has 1 aromatic heterocycles. The third-order valence-electron chi connectivity index (χ3n) is 4.00. The molecule has 1 unspecified atom stereocenters. The van der Waals surface area contributed by atoms with Gasteiger partial charge in [-0.1, -0.05) is 13.0 Å². The van der Waals surface area contributed by atoms with Crippen molar-refractivity contribution in [2.24, 2.45) is 5.73 Å². The van der Waals surface area contributed by atoms with E-state index in [1.165, 1.54) is 5.56 Å². The molecular formula is C16H26N4O. The van der Waals surface area contributed by atoms with E-state index in [2.05, 4.69) is 48.4 Å². The van der Waals surface area contributed by atoms with Gasteiger partial charge in [-0.15, -0.1) is 0 Å². The molecule has 0 amide bonds. The van der Waals surface area contributed by atoms with E-state index in [9.17, 15) is 5.11 Å². The van der Waals surface area contributed by atoms with Gasteiger partial charge in [0.05, 0.1) is 23.7 Å². The molecule has 0 saturated carbocycles. The number of aliphatic hydroxyl groups excluding tert-OH is 1. The summed E-state index contributed by atoms with van der Waals surface area (Å²) in [5, 5.41) is 9.22. The Bertz CT molecular complexity index is 593. The fourth-order valence-electron chi connectivity index (χ4n) is 2.86. The molecule has 2 rings (SSSR count). The van der Waals surface area contributed by atoms with E-state index in [1.54, 1.807) is 0 Å². The summed E-state index contributed by atoms with van der Waals surface area (Å²) in [5.41, 5.74) is 9.14. The Balaban J connectivity index is 2.48. The first-order valence-corrected chi connectivity index (χ1v) is 7.64. The highest BCUT2D eigenvalue weighted by Gasteiger charge is 2.21. The highest BCUT2D eigenvalue weighted by Crippen LogP contribution is 2.25. The summed E-state index contributed by atoms with van der Waals surface area (Å²) in [5.74, 6) is 1.02. The highest BCUT2D eigenvalue weighted by molar-refractivity contribution is 5.77. The lowest BCUT2D eigenvalue weighted by molar-refractivity contribution is 0.159. The third-order valence-corrected chi connectivity index (χ3v) is 4.00. The summed E-state index contributed by atoms with van der Waals surface area (Å²) < 4.78 is 2.21.